The maximum atomic E-state index is 10.0. The molecule has 0 amide bonds. The summed E-state index contributed by atoms with van der Waals surface area (Å²) in [7, 11) is 0. The van der Waals surface area contributed by atoms with E-state index in [1.807, 2.05) is 48.2 Å². The number of anilines is 1. The van der Waals surface area contributed by atoms with Gasteiger partial charge in [0, 0.05) is 21.4 Å². The van der Waals surface area contributed by atoms with Crippen LogP contribution in [0.5, 0.6) is 0 Å². The first-order valence-corrected chi connectivity index (χ1v) is 7.97. The van der Waals surface area contributed by atoms with Gasteiger partial charge in [-0.3, -0.25) is 0 Å². The molecule has 0 fully saturated rings. The lowest BCUT2D eigenvalue weighted by molar-refractivity contribution is 0.205. The molecule has 0 bridgehead atoms. The van der Waals surface area contributed by atoms with Gasteiger partial charge in [-0.25, -0.2) is 0 Å². The Labute approximate surface area is 128 Å². The first-order chi connectivity index (χ1) is 9.73. The van der Waals surface area contributed by atoms with Crippen molar-refractivity contribution in [1.29, 1.82) is 0 Å². The standard InChI is InChI=1S/C16H16ClNOS/c17-12-5-7-13(8-6-12)18-16(11-19)9-10-20-15-4-2-1-3-14(15)16/h1-8,18-19H,9-11H2. The Hall–Kier alpha value is -1.16. The Morgan fingerprint density at radius 1 is 1.15 bits per heavy atom. The van der Waals surface area contributed by atoms with Crippen molar-refractivity contribution < 1.29 is 5.11 Å². The van der Waals surface area contributed by atoms with Crippen molar-refractivity contribution in [3.8, 4) is 0 Å². The van der Waals surface area contributed by atoms with Crippen molar-refractivity contribution in [1.82, 2.24) is 0 Å². The molecule has 1 aliphatic rings. The number of hydrogen-bond donors (Lipinski definition) is 2. The van der Waals surface area contributed by atoms with Gasteiger partial charge in [-0.05, 0) is 42.3 Å². The number of thioether (sulfide) groups is 1. The highest BCUT2D eigenvalue weighted by molar-refractivity contribution is 7.99. The van der Waals surface area contributed by atoms with Crippen molar-refractivity contribution in [2.45, 2.75) is 16.9 Å². The molecule has 0 aliphatic carbocycles. The van der Waals surface area contributed by atoms with Gasteiger partial charge in [-0.2, -0.15) is 0 Å². The molecule has 0 aromatic heterocycles. The van der Waals surface area contributed by atoms with E-state index >= 15 is 0 Å². The van der Waals surface area contributed by atoms with Crippen molar-refractivity contribution in [2.24, 2.45) is 0 Å². The minimum Gasteiger partial charge on any atom is -0.394 e. The summed E-state index contributed by atoms with van der Waals surface area (Å²) < 4.78 is 0. The van der Waals surface area contributed by atoms with E-state index in [1.165, 1.54) is 10.5 Å². The van der Waals surface area contributed by atoms with Crippen LogP contribution in [0.4, 0.5) is 5.69 Å². The smallest absolute Gasteiger partial charge is 0.0875 e. The second-order valence-electron chi connectivity index (χ2n) is 4.97. The minimum atomic E-state index is -0.407. The van der Waals surface area contributed by atoms with E-state index in [0.717, 1.165) is 17.9 Å². The predicted octanol–water partition coefficient (Wildman–Crippen LogP) is 4.14. The van der Waals surface area contributed by atoms with Crippen molar-refractivity contribution >= 4 is 29.1 Å². The molecule has 1 aliphatic heterocycles. The topological polar surface area (TPSA) is 32.3 Å². The van der Waals surface area contributed by atoms with Gasteiger partial charge in [-0.1, -0.05) is 29.8 Å². The SMILES string of the molecule is OCC1(Nc2ccc(Cl)cc2)CCSc2ccccc21. The third-order valence-electron chi connectivity index (χ3n) is 3.69. The third kappa shape index (κ3) is 2.53. The molecule has 2 aromatic rings. The zero-order chi connectivity index (χ0) is 14.0. The summed E-state index contributed by atoms with van der Waals surface area (Å²) in [4.78, 5) is 1.24. The van der Waals surface area contributed by atoms with Crippen LogP contribution in [-0.2, 0) is 5.54 Å². The molecule has 104 valence electrons. The fraction of sp³-hybridized carbons (Fsp3) is 0.250. The number of aliphatic hydroxyl groups excluding tert-OH is 1. The summed E-state index contributed by atoms with van der Waals surface area (Å²) in [5.41, 5.74) is 1.74. The van der Waals surface area contributed by atoms with Crippen LogP contribution in [0.25, 0.3) is 0 Å². The summed E-state index contributed by atoms with van der Waals surface area (Å²) in [6.45, 7) is 0.0766. The highest BCUT2D eigenvalue weighted by Crippen LogP contribution is 2.42. The van der Waals surface area contributed by atoms with E-state index in [-0.39, 0.29) is 6.61 Å². The Balaban J connectivity index is 1.98. The molecule has 3 rings (SSSR count). The molecule has 0 radical (unpaired) electrons. The first kappa shape index (κ1) is 13.8. The van der Waals surface area contributed by atoms with E-state index in [4.69, 9.17) is 11.6 Å². The summed E-state index contributed by atoms with van der Waals surface area (Å²) in [6.07, 6.45) is 0.897. The average molecular weight is 306 g/mol. The van der Waals surface area contributed by atoms with Gasteiger partial charge in [0.15, 0.2) is 0 Å². The zero-order valence-corrected chi connectivity index (χ0v) is 12.5. The number of fused-ring (bicyclic) bond motifs is 1. The van der Waals surface area contributed by atoms with Gasteiger partial charge in [0.25, 0.3) is 0 Å². The molecule has 0 saturated heterocycles. The van der Waals surface area contributed by atoms with Gasteiger partial charge >= 0.3 is 0 Å². The summed E-state index contributed by atoms with van der Waals surface area (Å²) >= 11 is 7.77. The molecule has 20 heavy (non-hydrogen) atoms. The molecule has 2 nitrogen and oxygen atoms in total. The van der Waals surface area contributed by atoms with Crippen molar-refractivity contribution in [3.05, 3.63) is 59.1 Å². The Morgan fingerprint density at radius 2 is 1.90 bits per heavy atom. The molecule has 0 saturated carbocycles. The second kappa shape index (κ2) is 5.68. The Kier molecular flexibility index (Phi) is 3.92. The maximum absolute atomic E-state index is 10.0. The van der Waals surface area contributed by atoms with Gasteiger partial charge in [0.2, 0.25) is 0 Å². The highest BCUT2D eigenvalue weighted by atomic mass is 35.5. The quantitative estimate of drug-likeness (QED) is 0.894. The van der Waals surface area contributed by atoms with E-state index in [1.54, 1.807) is 0 Å². The number of aliphatic hydroxyl groups is 1. The van der Waals surface area contributed by atoms with Gasteiger partial charge in [0.05, 0.1) is 12.1 Å². The van der Waals surface area contributed by atoms with E-state index in [2.05, 4.69) is 17.4 Å². The molecule has 1 heterocycles. The number of nitrogens with one attached hydrogen (secondary N) is 1. The Bertz CT molecular complexity index is 602. The predicted molar refractivity (Wildman–Crippen MR) is 85.6 cm³/mol. The van der Waals surface area contributed by atoms with Gasteiger partial charge in [-0.15, -0.1) is 11.8 Å². The second-order valence-corrected chi connectivity index (χ2v) is 6.54. The number of hydrogen-bond acceptors (Lipinski definition) is 3. The molecule has 2 aromatic carbocycles. The molecule has 1 atom stereocenters. The van der Waals surface area contributed by atoms with Gasteiger partial charge in [0.1, 0.15) is 0 Å². The van der Waals surface area contributed by atoms with Crippen LogP contribution >= 0.6 is 23.4 Å². The van der Waals surface area contributed by atoms with Crippen molar-refractivity contribution in [3.63, 3.8) is 0 Å². The lowest BCUT2D eigenvalue weighted by Crippen LogP contribution is -2.42. The lowest BCUT2D eigenvalue weighted by Gasteiger charge is -2.39. The van der Waals surface area contributed by atoms with Crippen LogP contribution in [0.15, 0.2) is 53.4 Å². The molecular formula is C16H16ClNOS. The molecule has 2 N–H and O–H groups in total. The van der Waals surface area contributed by atoms with Crippen LogP contribution in [0.1, 0.15) is 12.0 Å². The van der Waals surface area contributed by atoms with E-state index < -0.39 is 5.54 Å². The summed E-state index contributed by atoms with van der Waals surface area (Å²) in [5.74, 6) is 0.998. The van der Waals surface area contributed by atoms with E-state index in [0.29, 0.717) is 5.02 Å². The van der Waals surface area contributed by atoms with Crippen LogP contribution in [0.2, 0.25) is 5.02 Å². The third-order valence-corrected chi connectivity index (χ3v) is 5.01. The lowest BCUT2D eigenvalue weighted by atomic mass is 9.87. The number of rotatable bonds is 3. The molecule has 4 heteroatoms. The minimum absolute atomic E-state index is 0.0766. The maximum Gasteiger partial charge on any atom is 0.0875 e. The first-order valence-electron chi connectivity index (χ1n) is 6.60. The zero-order valence-electron chi connectivity index (χ0n) is 11.0. The van der Waals surface area contributed by atoms with Gasteiger partial charge < -0.3 is 10.4 Å². The van der Waals surface area contributed by atoms with Crippen LogP contribution in [0.3, 0.4) is 0 Å². The number of benzene rings is 2. The summed E-state index contributed by atoms with van der Waals surface area (Å²) in [5, 5.41) is 14.2. The molecule has 1 unspecified atom stereocenters. The van der Waals surface area contributed by atoms with Crippen molar-refractivity contribution in [2.75, 3.05) is 17.7 Å². The fourth-order valence-electron chi connectivity index (χ4n) is 2.60. The van der Waals surface area contributed by atoms with Crippen LogP contribution in [-0.4, -0.2) is 17.5 Å². The van der Waals surface area contributed by atoms with E-state index in [9.17, 15) is 5.11 Å². The normalized spacial score (nSPS) is 21.3. The molecule has 0 spiro atoms. The fourth-order valence-corrected chi connectivity index (χ4v) is 3.99. The highest BCUT2D eigenvalue weighted by Gasteiger charge is 2.36. The average Bonchev–Trinajstić information content (AvgIpc) is 2.50. The summed E-state index contributed by atoms with van der Waals surface area (Å²) in [6, 6.07) is 15.9. The van der Waals surface area contributed by atoms with Crippen LogP contribution in [0, 0.1) is 0 Å². The Morgan fingerprint density at radius 3 is 2.65 bits per heavy atom. The monoisotopic (exact) mass is 305 g/mol. The van der Waals surface area contributed by atoms with Crippen LogP contribution < -0.4 is 5.32 Å². The molecular weight excluding hydrogens is 290 g/mol. The largest absolute Gasteiger partial charge is 0.394 e. The number of halogens is 1.